The molecule has 2 heterocycles. The van der Waals surface area contributed by atoms with Crippen LogP contribution in [-0.2, 0) is 13.5 Å². The summed E-state index contributed by atoms with van der Waals surface area (Å²) < 4.78 is 1.91. The Morgan fingerprint density at radius 3 is 3.00 bits per heavy atom. The van der Waals surface area contributed by atoms with Gasteiger partial charge in [-0.25, -0.2) is 4.98 Å². The SMILES string of the molecule is CCCNC(CCc1ccnn1C)c1ncn[nH]1. The molecule has 0 spiro atoms. The predicted molar refractivity (Wildman–Crippen MR) is 68.9 cm³/mol. The van der Waals surface area contributed by atoms with Gasteiger partial charge in [0.15, 0.2) is 0 Å². The number of hydrogen-bond donors (Lipinski definition) is 2. The van der Waals surface area contributed by atoms with E-state index in [1.165, 1.54) is 5.69 Å². The molecular weight excluding hydrogens is 228 g/mol. The molecule has 0 saturated carbocycles. The zero-order valence-electron chi connectivity index (χ0n) is 10.9. The molecule has 6 nitrogen and oxygen atoms in total. The maximum Gasteiger partial charge on any atom is 0.141 e. The van der Waals surface area contributed by atoms with Crippen molar-refractivity contribution in [2.24, 2.45) is 7.05 Å². The van der Waals surface area contributed by atoms with Gasteiger partial charge in [-0.3, -0.25) is 9.78 Å². The van der Waals surface area contributed by atoms with Crippen molar-refractivity contribution in [3.63, 3.8) is 0 Å². The van der Waals surface area contributed by atoms with Gasteiger partial charge < -0.3 is 5.32 Å². The van der Waals surface area contributed by atoms with Crippen LogP contribution in [0.15, 0.2) is 18.6 Å². The average molecular weight is 248 g/mol. The van der Waals surface area contributed by atoms with E-state index in [2.05, 4.69) is 38.6 Å². The van der Waals surface area contributed by atoms with Gasteiger partial charge in [-0.05, 0) is 31.9 Å². The molecule has 0 radical (unpaired) electrons. The Morgan fingerprint density at radius 2 is 2.39 bits per heavy atom. The Bertz CT molecular complexity index is 447. The fourth-order valence-electron chi connectivity index (χ4n) is 1.98. The van der Waals surface area contributed by atoms with Crippen LogP contribution in [0, 0.1) is 0 Å². The van der Waals surface area contributed by atoms with Gasteiger partial charge in [-0.15, -0.1) is 0 Å². The number of aromatic amines is 1. The molecule has 0 amide bonds. The van der Waals surface area contributed by atoms with Crippen molar-refractivity contribution in [1.82, 2.24) is 30.3 Å². The van der Waals surface area contributed by atoms with Crippen LogP contribution in [0.3, 0.4) is 0 Å². The summed E-state index contributed by atoms with van der Waals surface area (Å²) in [6, 6.07) is 2.28. The highest BCUT2D eigenvalue weighted by Crippen LogP contribution is 2.15. The number of nitrogens with one attached hydrogen (secondary N) is 2. The molecule has 0 fully saturated rings. The molecular formula is C12H20N6. The minimum absolute atomic E-state index is 0.224. The van der Waals surface area contributed by atoms with E-state index in [0.717, 1.165) is 31.6 Å². The molecule has 0 bridgehead atoms. The number of nitrogens with zero attached hydrogens (tertiary/aromatic N) is 4. The zero-order chi connectivity index (χ0) is 12.8. The fraction of sp³-hybridized carbons (Fsp3) is 0.583. The van der Waals surface area contributed by atoms with E-state index in [9.17, 15) is 0 Å². The average Bonchev–Trinajstić information content (AvgIpc) is 3.01. The zero-order valence-corrected chi connectivity index (χ0v) is 10.9. The summed E-state index contributed by atoms with van der Waals surface area (Å²) in [5, 5.41) is 14.5. The third-order valence-corrected chi connectivity index (χ3v) is 3.02. The van der Waals surface area contributed by atoms with E-state index in [-0.39, 0.29) is 6.04 Å². The highest BCUT2D eigenvalue weighted by Gasteiger charge is 2.14. The Balaban J connectivity index is 1.95. The first-order valence-corrected chi connectivity index (χ1v) is 6.36. The summed E-state index contributed by atoms with van der Waals surface area (Å²) in [5.41, 5.74) is 1.23. The predicted octanol–water partition coefficient (Wildman–Crippen LogP) is 1.21. The van der Waals surface area contributed by atoms with E-state index in [0.29, 0.717) is 0 Å². The molecule has 0 aliphatic heterocycles. The number of aryl methyl sites for hydroxylation is 2. The van der Waals surface area contributed by atoms with Gasteiger partial charge >= 0.3 is 0 Å². The van der Waals surface area contributed by atoms with Crippen molar-refractivity contribution in [1.29, 1.82) is 0 Å². The monoisotopic (exact) mass is 248 g/mol. The van der Waals surface area contributed by atoms with Gasteiger partial charge in [0.05, 0.1) is 6.04 Å². The highest BCUT2D eigenvalue weighted by molar-refractivity contribution is 5.02. The number of hydrogen-bond acceptors (Lipinski definition) is 4. The summed E-state index contributed by atoms with van der Waals surface area (Å²) in [4.78, 5) is 4.24. The molecule has 2 aromatic heterocycles. The summed E-state index contributed by atoms with van der Waals surface area (Å²) >= 11 is 0. The second kappa shape index (κ2) is 6.30. The minimum atomic E-state index is 0.224. The molecule has 18 heavy (non-hydrogen) atoms. The molecule has 98 valence electrons. The van der Waals surface area contributed by atoms with Crippen LogP contribution in [0.1, 0.15) is 37.3 Å². The maximum absolute atomic E-state index is 4.24. The van der Waals surface area contributed by atoms with Crippen LogP contribution in [0.2, 0.25) is 0 Å². The van der Waals surface area contributed by atoms with Crippen molar-refractivity contribution in [2.45, 2.75) is 32.2 Å². The molecule has 0 saturated heterocycles. The third kappa shape index (κ3) is 3.16. The van der Waals surface area contributed by atoms with Gasteiger partial charge in [0, 0.05) is 18.9 Å². The first-order valence-electron chi connectivity index (χ1n) is 6.36. The van der Waals surface area contributed by atoms with Crippen molar-refractivity contribution in [3.05, 3.63) is 30.1 Å². The van der Waals surface area contributed by atoms with E-state index in [1.54, 1.807) is 6.33 Å². The fourth-order valence-corrected chi connectivity index (χ4v) is 1.98. The topological polar surface area (TPSA) is 71.4 Å². The minimum Gasteiger partial charge on any atom is -0.307 e. The molecule has 2 rings (SSSR count). The third-order valence-electron chi connectivity index (χ3n) is 3.02. The number of H-pyrrole nitrogens is 1. The molecule has 0 aromatic carbocycles. The van der Waals surface area contributed by atoms with E-state index in [1.807, 2.05) is 17.9 Å². The van der Waals surface area contributed by atoms with Crippen LogP contribution in [0.5, 0.6) is 0 Å². The van der Waals surface area contributed by atoms with Gasteiger partial charge in [-0.1, -0.05) is 6.92 Å². The Labute approximate surface area is 107 Å². The van der Waals surface area contributed by atoms with Crippen LogP contribution < -0.4 is 5.32 Å². The molecule has 1 atom stereocenters. The Kier molecular flexibility index (Phi) is 4.46. The standard InChI is InChI=1S/C12H20N6/c1-3-7-13-11(12-14-9-15-17-12)5-4-10-6-8-16-18(10)2/h6,8-9,11,13H,3-5,7H2,1-2H3,(H,14,15,17). The van der Waals surface area contributed by atoms with E-state index >= 15 is 0 Å². The van der Waals surface area contributed by atoms with Crippen LogP contribution in [0.4, 0.5) is 0 Å². The van der Waals surface area contributed by atoms with Crippen molar-refractivity contribution in [2.75, 3.05) is 6.54 Å². The summed E-state index contributed by atoms with van der Waals surface area (Å²) in [7, 11) is 1.97. The maximum atomic E-state index is 4.24. The molecule has 0 aliphatic carbocycles. The Morgan fingerprint density at radius 1 is 1.50 bits per heavy atom. The molecule has 0 aliphatic rings. The first-order chi connectivity index (χ1) is 8.81. The quantitative estimate of drug-likeness (QED) is 0.772. The smallest absolute Gasteiger partial charge is 0.141 e. The second-order valence-electron chi connectivity index (χ2n) is 4.36. The second-order valence-corrected chi connectivity index (χ2v) is 4.36. The van der Waals surface area contributed by atoms with Gasteiger partial charge in [-0.2, -0.15) is 10.2 Å². The van der Waals surface area contributed by atoms with Gasteiger partial charge in [0.1, 0.15) is 12.2 Å². The largest absolute Gasteiger partial charge is 0.307 e. The normalized spacial score (nSPS) is 12.8. The van der Waals surface area contributed by atoms with Crippen molar-refractivity contribution < 1.29 is 0 Å². The summed E-state index contributed by atoms with van der Waals surface area (Å²) in [6.07, 6.45) is 6.45. The molecule has 1 unspecified atom stereocenters. The van der Waals surface area contributed by atoms with Gasteiger partial charge in [0.25, 0.3) is 0 Å². The lowest BCUT2D eigenvalue weighted by Gasteiger charge is -2.15. The van der Waals surface area contributed by atoms with Crippen LogP contribution >= 0.6 is 0 Å². The van der Waals surface area contributed by atoms with E-state index in [4.69, 9.17) is 0 Å². The lowest BCUT2D eigenvalue weighted by Crippen LogP contribution is -2.24. The summed E-state index contributed by atoms with van der Waals surface area (Å²) in [5.74, 6) is 0.908. The van der Waals surface area contributed by atoms with E-state index < -0.39 is 0 Å². The lowest BCUT2D eigenvalue weighted by molar-refractivity contribution is 0.472. The van der Waals surface area contributed by atoms with Crippen LogP contribution in [0.25, 0.3) is 0 Å². The van der Waals surface area contributed by atoms with Crippen molar-refractivity contribution >= 4 is 0 Å². The number of rotatable bonds is 7. The first kappa shape index (κ1) is 12.8. The van der Waals surface area contributed by atoms with Crippen LogP contribution in [-0.4, -0.2) is 31.5 Å². The number of aromatic nitrogens is 5. The molecule has 2 aromatic rings. The van der Waals surface area contributed by atoms with Crippen molar-refractivity contribution in [3.8, 4) is 0 Å². The molecule has 6 heteroatoms. The molecule has 2 N–H and O–H groups in total. The lowest BCUT2D eigenvalue weighted by atomic mass is 10.1. The summed E-state index contributed by atoms with van der Waals surface area (Å²) in [6.45, 7) is 3.14. The Hall–Kier alpha value is -1.69. The van der Waals surface area contributed by atoms with Gasteiger partial charge in [0.2, 0.25) is 0 Å². The highest BCUT2D eigenvalue weighted by atomic mass is 15.3.